The molecule has 3 saturated heterocycles. The summed E-state index contributed by atoms with van der Waals surface area (Å²) in [4.78, 5) is 28.7. The van der Waals surface area contributed by atoms with Crippen LogP contribution in [0, 0.1) is 11.8 Å². The van der Waals surface area contributed by atoms with Crippen molar-refractivity contribution in [2.45, 2.75) is 71.1 Å². The van der Waals surface area contributed by atoms with E-state index in [0.717, 1.165) is 6.42 Å². The third-order valence-corrected chi connectivity index (χ3v) is 4.99. The van der Waals surface area contributed by atoms with Crippen LogP contribution in [0.1, 0.15) is 47.0 Å². The Morgan fingerprint density at radius 3 is 2.55 bits per heavy atom. The van der Waals surface area contributed by atoms with Crippen molar-refractivity contribution in [3.05, 3.63) is 0 Å². The summed E-state index contributed by atoms with van der Waals surface area (Å²) >= 11 is 0. The van der Waals surface area contributed by atoms with Crippen LogP contribution in [-0.2, 0) is 14.3 Å². The molecule has 124 valence electrons. The van der Waals surface area contributed by atoms with Crippen LogP contribution in [0.25, 0.3) is 0 Å². The number of carbonyl (C=O) groups excluding carboxylic acids is 2. The van der Waals surface area contributed by atoms with Gasteiger partial charge in [-0.2, -0.15) is 0 Å². The van der Waals surface area contributed by atoms with Crippen molar-refractivity contribution in [1.82, 2.24) is 9.80 Å². The predicted octanol–water partition coefficient (Wildman–Crippen LogP) is 0.935. The summed E-state index contributed by atoms with van der Waals surface area (Å²) in [5.41, 5.74) is 0. The van der Waals surface area contributed by atoms with Crippen LogP contribution < -0.4 is 0 Å². The molecule has 0 aromatic rings. The Kier molecular flexibility index (Phi) is 3.72. The molecule has 6 heteroatoms. The van der Waals surface area contributed by atoms with E-state index in [2.05, 4.69) is 0 Å². The third-order valence-electron chi connectivity index (χ3n) is 4.99. The molecule has 0 unspecified atom stereocenters. The highest BCUT2D eigenvalue weighted by Gasteiger charge is 2.66. The van der Waals surface area contributed by atoms with E-state index in [9.17, 15) is 14.7 Å². The van der Waals surface area contributed by atoms with Gasteiger partial charge in [-0.15, -0.1) is 0 Å². The maximum atomic E-state index is 12.8. The molecule has 4 atom stereocenters. The Balaban J connectivity index is 2.02. The zero-order valence-corrected chi connectivity index (χ0v) is 13.8. The second kappa shape index (κ2) is 5.20. The minimum absolute atomic E-state index is 0.0354. The first-order valence-electron chi connectivity index (χ1n) is 8.31. The molecule has 3 aliphatic heterocycles. The van der Waals surface area contributed by atoms with Gasteiger partial charge in [-0.3, -0.25) is 14.5 Å². The molecule has 0 radical (unpaired) electrons. The Morgan fingerprint density at radius 2 is 1.95 bits per heavy atom. The van der Waals surface area contributed by atoms with E-state index < -0.39 is 24.1 Å². The lowest BCUT2D eigenvalue weighted by Gasteiger charge is -2.49. The van der Waals surface area contributed by atoms with Crippen LogP contribution >= 0.6 is 0 Å². The van der Waals surface area contributed by atoms with Crippen molar-refractivity contribution in [2.24, 2.45) is 11.8 Å². The first kappa shape index (κ1) is 15.7. The van der Waals surface area contributed by atoms with Crippen LogP contribution in [0.3, 0.4) is 0 Å². The van der Waals surface area contributed by atoms with Crippen LogP contribution in [0.2, 0.25) is 0 Å². The van der Waals surface area contributed by atoms with Gasteiger partial charge in [-0.05, 0) is 31.1 Å². The average Bonchev–Trinajstić information content (AvgIpc) is 2.99. The van der Waals surface area contributed by atoms with Crippen LogP contribution in [0.15, 0.2) is 0 Å². The lowest BCUT2D eigenvalue weighted by atomic mass is 9.95. The molecule has 0 aromatic heterocycles. The van der Waals surface area contributed by atoms with Crippen molar-refractivity contribution in [3.63, 3.8) is 0 Å². The zero-order valence-electron chi connectivity index (χ0n) is 13.8. The summed E-state index contributed by atoms with van der Waals surface area (Å²) in [6, 6.07) is -1.05. The van der Waals surface area contributed by atoms with Gasteiger partial charge in [0.2, 0.25) is 5.91 Å². The average molecular weight is 310 g/mol. The number of hydrogen-bond donors (Lipinski definition) is 1. The topological polar surface area (TPSA) is 70.1 Å². The van der Waals surface area contributed by atoms with Crippen molar-refractivity contribution in [2.75, 3.05) is 6.54 Å². The van der Waals surface area contributed by atoms with Crippen molar-refractivity contribution < 1.29 is 19.4 Å². The Hall–Kier alpha value is -1.14. The largest absolute Gasteiger partial charge is 0.347 e. The minimum atomic E-state index is -1.66. The molecule has 0 aliphatic carbocycles. The molecule has 0 saturated carbocycles. The molecule has 3 aliphatic rings. The van der Waals surface area contributed by atoms with Crippen LogP contribution in [0.4, 0.5) is 0 Å². The Labute approximate surface area is 131 Å². The van der Waals surface area contributed by atoms with Gasteiger partial charge in [0.05, 0.1) is 0 Å². The number of rotatable bonds is 3. The third kappa shape index (κ3) is 2.07. The Morgan fingerprint density at radius 1 is 1.27 bits per heavy atom. The van der Waals surface area contributed by atoms with Crippen LogP contribution in [0.5, 0.6) is 0 Å². The molecular formula is C16H26N2O4. The monoisotopic (exact) mass is 310 g/mol. The second-order valence-corrected chi connectivity index (χ2v) is 7.48. The van der Waals surface area contributed by atoms with Gasteiger partial charge < -0.3 is 14.7 Å². The molecule has 0 spiro atoms. The first-order valence-corrected chi connectivity index (χ1v) is 8.31. The molecule has 1 N–H and O–H groups in total. The number of aliphatic hydroxyl groups is 1. The summed E-state index contributed by atoms with van der Waals surface area (Å²) < 4.78 is 5.84. The SMILES string of the molecule is CC(C)C[C@H]1C(=O)N2CCC[C@H]2[C@]2(O)O[C@H](C(C)C)C(=O)N12. The van der Waals surface area contributed by atoms with E-state index in [0.29, 0.717) is 19.4 Å². The quantitative estimate of drug-likeness (QED) is 0.842. The maximum absolute atomic E-state index is 12.8. The summed E-state index contributed by atoms with van der Waals surface area (Å²) in [5.74, 6) is -1.73. The zero-order chi connectivity index (χ0) is 16.2. The van der Waals surface area contributed by atoms with Gasteiger partial charge in [-0.25, -0.2) is 0 Å². The molecule has 3 heterocycles. The molecule has 3 rings (SSSR count). The Bertz CT molecular complexity index is 493. The van der Waals surface area contributed by atoms with Crippen molar-refractivity contribution in [1.29, 1.82) is 0 Å². The summed E-state index contributed by atoms with van der Waals surface area (Å²) in [6.45, 7) is 8.47. The van der Waals surface area contributed by atoms with Gasteiger partial charge in [0, 0.05) is 6.54 Å². The van der Waals surface area contributed by atoms with Crippen molar-refractivity contribution in [3.8, 4) is 0 Å². The molecule has 0 bridgehead atoms. The summed E-state index contributed by atoms with van der Waals surface area (Å²) in [6.07, 6.45) is 1.38. The molecular weight excluding hydrogens is 284 g/mol. The van der Waals surface area contributed by atoms with Gasteiger partial charge in [0.15, 0.2) is 0 Å². The number of hydrogen-bond acceptors (Lipinski definition) is 4. The highest BCUT2D eigenvalue weighted by molar-refractivity contribution is 5.93. The fraction of sp³-hybridized carbons (Fsp3) is 0.875. The highest BCUT2D eigenvalue weighted by atomic mass is 16.7. The second-order valence-electron chi connectivity index (χ2n) is 7.48. The van der Waals surface area contributed by atoms with Crippen LogP contribution in [-0.4, -0.2) is 57.4 Å². The van der Waals surface area contributed by atoms with E-state index in [1.165, 1.54) is 4.90 Å². The number of piperazine rings is 1. The normalized spacial score (nSPS) is 38.2. The number of amides is 2. The van der Waals surface area contributed by atoms with E-state index in [-0.39, 0.29) is 23.7 Å². The number of carbonyl (C=O) groups is 2. The lowest BCUT2D eigenvalue weighted by molar-refractivity contribution is -0.304. The van der Waals surface area contributed by atoms with E-state index in [4.69, 9.17) is 4.74 Å². The first-order chi connectivity index (χ1) is 10.3. The minimum Gasteiger partial charge on any atom is -0.347 e. The number of nitrogens with zero attached hydrogens (tertiary/aromatic N) is 2. The predicted molar refractivity (Wildman–Crippen MR) is 79.5 cm³/mol. The highest BCUT2D eigenvalue weighted by Crippen LogP contribution is 2.44. The van der Waals surface area contributed by atoms with E-state index >= 15 is 0 Å². The number of fused-ring (bicyclic) bond motifs is 3. The standard InChI is InChI=1S/C16H26N2O4/c1-9(2)8-11-14(19)17-7-5-6-12(17)16(21)18(11)15(20)13(22-16)10(3)4/h9-13,21H,5-8H2,1-4H3/t11-,12-,13+,16-/m0/s1. The molecule has 6 nitrogen and oxygen atoms in total. The molecule has 0 aromatic carbocycles. The smallest absolute Gasteiger partial charge is 0.274 e. The lowest BCUT2D eigenvalue weighted by Crippen LogP contribution is -2.71. The van der Waals surface area contributed by atoms with Gasteiger partial charge in [-0.1, -0.05) is 27.7 Å². The van der Waals surface area contributed by atoms with Gasteiger partial charge in [0.1, 0.15) is 18.2 Å². The van der Waals surface area contributed by atoms with Gasteiger partial charge >= 0.3 is 0 Å². The van der Waals surface area contributed by atoms with Gasteiger partial charge in [0.25, 0.3) is 11.8 Å². The summed E-state index contributed by atoms with van der Waals surface area (Å²) in [7, 11) is 0. The molecule has 2 amide bonds. The molecule has 3 fully saturated rings. The number of ether oxygens (including phenoxy) is 1. The van der Waals surface area contributed by atoms with E-state index in [1.54, 1.807) is 4.90 Å². The van der Waals surface area contributed by atoms with Crippen molar-refractivity contribution >= 4 is 11.8 Å². The summed E-state index contributed by atoms with van der Waals surface area (Å²) in [5, 5.41) is 11.2. The fourth-order valence-electron chi connectivity index (χ4n) is 4.00. The maximum Gasteiger partial charge on any atom is 0.274 e. The fourth-order valence-corrected chi connectivity index (χ4v) is 4.00. The van der Waals surface area contributed by atoms with E-state index in [1.807, 2.05) is 27.7 Å². The molecule has 22 heavy (non-hydrogen) atoms.